The smallest absolute Gasteiger partial charge is 0.0662 e. The molecule has 0 bridgehead atoms. The maximum absolute atomic E-state index is 4.52. The van der Waals surface area contributed by atoms with Crippen molar-refractivity contribution >= 4 is 0 Å². The highest BCUT2D eigenvalue weighted by Gasteiger charge is 2.25. The Labute approximate surface area is 126 Å². The third-order valence-corrected chi connectivity index (χ3v) is 3.99. The van der Waals surface area contributed by atoms with Gasteiger partial charge in [0.1, 0.15) is 0 Å². The molecule has 3 heterocycles. The van der Waals surface area contributed by atoms with E-state index in [0.717, 1.165) is 32.6 Å². The van der Waals surface area contributed by atoms with Crippen molar-refractivity contribution in [1.82, 2.24) is 24.6 Å². The number of hydrogen-bond acceptors (Lipinski definition) is 4. The van der Waals surface area contributed by atoms with Crippen molar-refractivity contribution in [1.29, 1.82) is 0 Å². The molecule has 2 aromatic rings. The summed E-state index contributed by atoms with van der Waals surface area (Å²) in [7, 11) is 4.25. The van der Waals surface area contributed by atoms with Gasteiger partial charge in [-0.3, -0.25) is 14.6 Å². The molecule has 1 atom stereocenters. The standard InChI is InChI=1S/C16H23N5/c1-19(2)9-6-16-13-20(11-14-4-3-7-17-10-14)12-15-5-8-18-21(15)16/h3-5,7-8,10,16H,6,9,11-13H2,1-2H3/t16-/m0/s1. The van der Waals surface area contributed by atoms with Gasteiger partial charge in [0, 0.05) is 38.2 Å². The fourth-order valence-corrected chi connectivity index (χ4v) is 2.96. The summed E-state index contributed by atoms with van der Waals surface area (Å²) in [4.78, 5) is 8.95. The van der Waals surface area contributed by atoms with Gasteiger partial charge in [-0.2, -0.15) is 5.10 Å². The van der Waals surface area contributed by atoms with Crippen LogP contribution in [0, 0.1) is 0 Å². The second-order valence-corrected chi connectivity index (χ2v) is 6.04. The number of pyridine rings is 1. The summed E-state index contributed by atoms with van der Waals surface area (Å²) in [5.41, 5.74) is 2.59. The summed E-state index contributed by atoms with van der Waals surface area (Å²) in [6.45, 7) is 4.06. The van der Waals surface area contributed by atoms with Crippen LogP contribution < -0.4 is 0 Å². The molecule has 0 aromatic carbocycles. The molecule has 0 saturated carbocycles. The number of rotatable bonds is 5. The Morgan fingerprint density at radius 1 is 1.29 bits per heavy atom. The zero-order chi connectivity index (χ0) is 14.7. The number of hydrogen-bond donors (Lipinski definition) is 0. The molecule has 0 aliphatic carbocycles. The zero-order valence-electron chi connectivity index (χ0n) is 12.8. The number of aromatic nitrogens is 3. The number of fused-ring (bicyclic) bond motifs is 1. The van der Waals surface area contributed by atoms with Crippen LogP contribution in [0.2, 0.25) is 0 Å². The van der Waals surface area contributed by atoms with Gasteiger partial charge in [-0.15, -0.1) is 0 Å². The van der Waals surface area contributed by atoms with E-state index < -0.39 is 0 Å². The van der Waals surface area contributed by atoms with Crippen LogP contribution in [0.5, 0.6) is 0 Å². The lowest BCUT2D eigenvalue weighted by molar-refractivity contribution is 0.155. The Kier molecular flexibility index (Phi) is 4.31. The van der Waals surface area contributed by atoms with E-state index in [1.165, 1.54) is 11.3 Å². The lowest BCUT2D eigenvalue weighted by Gasteiger charge is -2.34. The average molecular weight is 285 g/mol. The van der Waals surface area contributed by atoms with Gasteiger partial charge in [-0.25, -0.2) is 0 Å². The third kappa shape index (κ3) is 3.49. The van der Waals surface area contributed by atoms with E-state index in [1.54, 1.807) is 0 Å². The third-order valence-electron chi connectivity index (χ3n) is 3.99. The van der Waals surface area contributed by atoms with Crippen molar-refractivity contribution in [2.24, 2.45) is 0 Å². The van der Waals surface area contributed by atoms with E-state index in [9.17, 15) is 0 Å². The van der Waals surface area contributed by atoms with E-state index in [0.29, 0.717) is 6.04 Å². The van der Waals surface area contributed by atoms with Gasteiger partial charge in [0.05, 0.1) is 11.7 Å². The lowest BCUT2D eigenvalue weighted by Crippen LogP contribution is -2.38. The van der Waals surface area contributed by atoms with Crippen molar-refractivity contribution in [3.63, 3.8) is 0 Å². The van der Waals surface area contributed by atoms with Gasteiger partial charge < -0.3 is 4.90 Å². The minimum absolute atomic E-state index is 0.461. The molecule has 0 N–H and O–H groups in total. The highest BCUT2D eigenvalue weighted by Crippen LogP contribution is 2.24. The quantitative estimate of drug-likeness (QED) is 0.839. The van der Waals surface area contributed by atoms with Crippen LogP contribution in [0.25, 0.3) is 0 Å². The molecule has 0 unspecified atom stereocenters. The van der Waals surface area contributed by atoms with Crippen molar-refractivity contribution in [3.05, 3.63) is 48.0 Å². The minimum Gasteiger partial charge on any atom is -0.309 e. The highest BCUT2D eigenvalue weighted by molar-refractivity contribution is 5.10. The first kappa shape index (κ1) is 14.2. The van der Waals surface area contributed by atoms with Crippen LogP contribution in [0.1, 0.15) is 23.7 Å². The molecule has 5 nitrogen and oxygen atoms in total. The van der Waals surface area contributed by atoms with Crippen LogP contribution in [0.3, 0.4) is 0 Å². The molecule has 1 aliphatic rings. The molecule has 0 radical (unpaired) electrons. The van der Waals surface area contributed by atoms with Gasteiger partial charge >= 0.3 is 0 Å². The number of nitrogens with zero attached hydrogens (tertiary/aromatic N) is 5. The van der Waals surface area contributed by atoms with Crippen LogP contribution in [-0.4, -0.2) is 51.7 Å². The lowest BCUT2D eigenvalue weighted by atomic mass is 10.1. The van der Waals surface area contributed by atoms with Crippen LogP contribution in [-0.2, 0) is 13.1 Å². The highest BCUT2D eigenvalue weighted by atomic mass is 15.4. The van der Waals surface area contributed by atoms with Crippen molar-refractivity contribution in [2.45, 2.75) is 25.6 Å². The maximum atomic E-state index is 4.52. The Balaban J connectivity index is 1.71. The van der Waals surface area contributed by atoms with Crippen LogP contribution in [0.15, 0.2) is 36.8 Å². The minimum atomic E-state index is 0.461. The van der Waals surface area contributed by atoms with E-state index in [1.807, 2.05) is 24.7 Å². The van der Waals surface area contributed by atoms with Crippen molar-refractivity contribution in [2.75, 3.05) is 27.2 Å². The molecule has 112 valence electrons. The van der Waals surface area contributed by atoms with Gasteiger partial charge in [0.2, 0.25) is 0 Å². The monoisotopic (exact) mass is 285 g/mol. The van der Waals surface area contributed by atoms with Crippen molar-refractivity contribution < 1.29 is 0 Å². The van der Waals surface area contributed by atoms with Crippen molar-refractivity contribution in [3.8, 4) is 0 Å². The Bertz CT molecular complexity index is 563. The summed E-state index contributed by atoms with van der Waals surface area (Å²) in [5.74, 6) is 0. The first-order chi connectivity index (χ1) is 10.2. The normalized spacial score (nSPS) is 18.9. The molecule has 5 heteroatoms. The van der Waals surface area contributed by atoms with E-state index in [-0.39, 0.29) is 0 Å². The van der Waals surface area contributed by atoms with Crippen LogP contribution in [0.4, 0.5) is 0 Å². The first-order valence-electron chi connectivity index (χ1n) is 7.51. The molecule has 0 fully saturated rings. The molecular formula is C16H23N5. The average Bonchev–Trinajstić information content (AvgIpc) is 2.94. The van der Waals surface area contributed by atoms with E-state index >= 15 is 0 Å². The second kappa shape index (κ2) is 6.37. The van der Waals surface area contributed by atoms with Gasteiger partial charge in [0.25, 0.3) is 0 Å². The van der Waals surface area contributed by atoms with Gasteiger partial charge in [-0.1, -0.05) is 6.07 Å². The molecule has 3 rings (SSSR count). The summed E-state index contributed by atoms with van der Waals surface area (Å²) >= 11 is 0. The Morgan fingerprint density at radius 2 is 2.19 bits per heavy atom. The Hall–Kier alpha value is -1.72. The maximum Gasteiger partial charge on any atom is 0.0662 e. The van der Waals surface area contributed by atoms with Gasteiger partial charge in [0.15, 0.2) is 0 Å². The molecule has 1 aliphatic heterocycles. The predicted molar refractivity (Wildman–Crippen MR) is 82.8 cm³/mol. The molecule has 21 heavy (non-hydrogen) atoms. The zero-order valence-corrected chi connectivity index (χ0v) is 12.8. The first-order valence-corrected chi connectivity index (χ1v) is 7.51. The van der Waals surface area contributed by atoms with E-state index in [4.69, 9.17) is 0 Å². The SMILES string of the molecule is CN(C)CC[C@H]1CN(Cc2cccnc2)Cc2ccnn21. The molecule has 2 aromatic heterocycles. The molecule has 0 spiro atoms. The summed E-state index contributed by atoms with van der Waals surface area (Å²) < 4.78 is 2.21. The second-order valence-electron chi connectivity index (χ2n) is 6.04. The topological polar surface area (TPSA) is 37.2 Å². The predicted octanol–water partition coefficient (Wildman–Crippen LogP) is 1.79. The Morgan fingerprint density at radius 3 is 2.95 bits per heavy atom. The largest absolute Gasteiger partial charge is 0.309 e. The fourth-order valence-electron chi connectivity index (χ4n) is 2.96. The van der Waals surface area contributed by atoms with Crippen LogP contribution >= 0.6 is 0 Å². The summed E-state index contributed by atoms with van der Waals surface area (Å²) in [6.07, 6.45) is 6.84. The van der Waals surface area contributed by atoms with Gasteiger partial charge in [-0.05, 0) is 44.8 Å². The molecule has 0 saturated heterocycles. The summed E-state index contributed by atoms with van der Waals surface area (Å²) in [5, 5.41) is 4.52. The fraction of sp³-hybridized carbons (Fsp3) is 0.500. The summed E-state index contributed by atoms with van der Waals surface area (Å²) in [6, 6.07) is 6.75. The molecular weight excluding hydrogens is 262 g/mol. The van der Waals surface area contributed by atoms with E-state index in [2.05, 4.69) is 50.8 Å². The molecule has 0 amide bonds.